The predicted octanol–water partition coefficient (Wildman–Crippen LogP) is 10.4. The quantitative estimate of drug-likeness (QED) is 0.154. The van der Waals surface area contributed by atoms with Crippen LogP contribution in [0.15, 0.2) is 138 Å². The normalized spacial score (nSPS) is 16.6. The molecule has 1 unspecified atom stereocenters. The summed E-state index contributed by atoms with van der Waals surface area (Å²) in [7, 11) is 0. The van der Waals surface area contributed by atoms with Crippen LogP contribution in [0.4, 0.5) is 11.4 Å². The fraction of sp³-hybridized carbons (Fsp3) is 0.182. The van der Waals surface area contributed by atoms with Crippen molar-refractivity contribution in [3.63, 3.8) is 0 Å². The summed E-state index contributed by atoms with van der Waals surface area (Å²) in [6.07, 6.45) is 26.5. The van der Waals surface area contributed by atoms with Crippen LogP contribution in [-0.2, 0) is 6.54 Å². The number of hydrogen-bond acceptors (Lipinski definition) is 5. The molecule has 0 saturated carbocycles. The van der Waals surface area contributed by atoms with Crippen LogP contribution in [0.2, 0.25) is 0 Å². The van der Waals surface area contributed by atoms with Gasteiger partial charge in [0.1, 0.15) is 0 Å². The summed E-state index contributed by atoms with van der Waals surface area (Å²) in [4.78, 5) is 18.0. The van der Waals surface area contributed by atoms with E-state index in [-0.39, 0.29) is 5.92 Å². The number of rotatable bonds is 6. The third-order valence-electron chi connectivity index (χ3n) is 8.57. The first-order valence-corrected chi connectivity index (χ1v) is 17.2. The first-order chi connectivity index (χ1) is 24.7. The van der Waals surface area contributed by atoms with Crippen molar-refractivity contribution < 1.29 is 0 Å². The van der Waals surface area contributed by atoms with Gasteiger partial charge in [-0.25, -0.2) is 9.97 Å². The maximum atomic E-state index is 9.19. The lowest BCUT2D eigenvalue weighted by Crippen LogP contribution is -2.27. The van der Waals surface area contributed by atoms with E-state index in [0.717, 1.165) is 56.9 Å². The molecule has 0 N–H and O–H groups in total. The standard InChI is InChI=1S/C42H34N6.C2H6/c1-2-31(17-15-16-27-43)36-29-37(32-18-7-3-4-8-19-32)46-42(45-36)48-39-25-14-13-23-35(39)41-40(48)30-47(34-21-10-6-11-22-34)38-24-12-5-9-20-33(38)26-28-44-41;1-2/h2-3,5-7,9-15,17-18,20-25,28-29,33H,4,16,26,30H2,1H3;1-2H3/b17-15-,31-2+,44-28?;. The average Bonchev–Trinajstić information content (AvgIpc) is 3.36. The molecular weight excluding hydrogens is 613 g/mol. The second kappa shape index (κ2) is 16.2. The molecule has 7 rings (SSSR count). The Bertz CT molecular complexity index is 2220. The third kappa shape index (κ3) is 7.11. The van der Waals surface area contributed by atoms with Crippen LogP contribution in [0.25, 0.3) is 28.0 Å². The van der Waals surface area contributed by atoms with Crippen molar-refractivity contribution in [1.82, 2.24) is 14.5 Å². The van der Waals surface area contributed by atoms with Gasteiger partial charge in [-0.15, -0.1) is 0 Å². The van der Waals surface area contributed by atoms with E-state index in [0.29, 0.717) is 25.3 Å². The Morgan fingerprint density at radius 3 is 2.68 bits per heavy atom. The molecule has 0 radical (unpaired) electrons. The SMILES string of the molecule is C/C=C(\C=C/CC#N)c1cc(C2=CC=CCC#C2)nc(-n2c3c(c4ccccc42)N=CCC2C=CC=CC=C2N(c2ccccc2)C3)n1.CC. The number of para-hydroxylation sites is 2. The molecule has 1 aliphatic heterocycles. The number of anilines is 1. The van der Waals surface area contributed by atoms with E-state index in [2.05, 4.69) is 113 Å². The van der Waals surface area contributed by atoms with E-state index >= 15 is 0 Å². The maximum absolute atomic E-state index is 9.19. The minimum Gasteiger partial charge on any atom is -0.338 e. The zero-order valence-corrected chi connectivity index (χ0v) is 28.8. The highest BCUT2D eigenvalue weighted by Crippen LogP contribution is 2.40. The molecule has 3 heterocycles. The Morgan fingerprint density at radius 1 is 1.00 bits per heavy atom. The van der Waals surface area contributed by atoms with Crippen LogP contribution in [0, 0.1) is 29.1 Å². The highest BCUT2D eigenvalue weighted by Gasteiger charge is 2.28. The topological polar surface area (TPSA) is 70.1 Å². The van der Waals surface area contributed by atoms with E-state index in [1.807, 2.05) is 69.4 Å². The number of fused-ring (bicyclic) bond motifs is 4. The molecule has 0 bridgehead atoms. The largest absolute Gasteiger partial charge is 0.338 e. The van der Waals surface area contributed by atoms with E-state index in [9.17, 15) is 5.26 Å². The minimum absolute atomic E-state index is 0.158. The molecule has 0 fully saturated rings. The highest BCUT2D eigenvalue weighted by molar-refractivity contribution is 5.96. The summed E-state index contributed by atoms with van der Waals surface area (Å²) in [5.41, 5.74) is 8.39. The maximum Gasteiger partial charge on any atom is 0.235 e. The molecule has 0 amide bonds. The van der Waals surface area contributed by atoms with E-state index in [1.165, 1.54) is 5.70 Å². The summed E-state index contributed by atoms with van der Waals surface area (Å²) >= 11 is 0. The third-order valence-corrected chi connectivity index (χ3v) is 8.57. The van der Waals surface area contributed by atoms with Crippen molar-refractivity contribution in [1.29, 1.82) is 5.26 Å². The Hall–Kier alpha value is -6.24. The van der Waals surface area contributed by atoms with Crippen molar-refractivity contribution in [3.05, 3.63) is 150 Å². The van der Waals surface area contributed by atoms with Gasteiger partial charge >= 0.3 is 0 Å². The molecule has 2 aromatic carbocycles. The number of benzene rings is 2. The fourth-order valence-corrected chi connectivity index (χ4v) is 6.29. The van der Waals surface area contributed by atoms with Gasteiger partial charge in [0.2, 0.25) is 5.95 Å². The summed E-state index contributed by atoms with van der Waals surface area (Å²) < 4.78 is 2.17. The summed E-state index contributed by atoms with van der Waals surface area (Å²) in [6, 6.07) is 23.1. The van der Waals surface area contributed by atoms with E-state index in [4.69, 9.17) is 15.0 Å². The first-order valence-electron chi connectivity index (χ1n) is 17.2. The van der Waals surface area contributed by atoms with Gasteiger partial charge in [0.05, 0.1) is 52.9 Å². The van der Waals surface area contributed by atoms with Gasteiger partial charge in [0.25, 0.3) is 0 Å². The van der Waals surface area contributed by atoms with Crippen molar-refractivity contribution >= 4 is 39.6 Å². The Balaban J connectivity index is 0.00000212. The minimum atomic E-state index is 0.158. The highest BCUT2D eigenvalue weighted by atomic mass is 15.2. The average molecular weight is 653 g/mol. The second-order valence-corrected chi connectivity index (χ2v) is 11.5. The van der Waals surface area contributed by atoms with Crippen molar-refractivity contribution in [3.8, 4) is 23.9 Å². The van der Waals surface area contributed by atoms with E-state index in [1.54, 1.807) is 0 Å². The zero-order chi connectivity index (χ0) is 34.7. The molecule has 0 saturated heterocycles. The van der Waals surface area contributed by atoms with Crippen LogP contribution < -0.4 is 4.90 Å². The predicted molar refractivity (Wildman–Crippen MR) is 208 cm³/mol. The lowest BCUT2D eigenvalue weighted by molar-refractivity contribution is 0.723. The molecule has 6 heteroatoms. The molecule has 2 aromatic heterocycles. The number of hydrogen-bond donors (Lipinski definition) is 0. The Labute approximate surface area is 295 Å². The lowest BCUT2D eigenvalue weighted by atomic mass is 9.99. The van der Waals surface area contributed by atoms with E-state index < -0.39 is 0 Å². The summed E-state index contributed by atoms with van der Waals surface area (Å²) in [6.45, 7) is 6.53. The summed E-state index contributed by atoms with van der Waals surface area (Å²) in [5.74, 6) is 7.24. The van der Waals surface area contributed by atoms with Crippen molar-refractivity contribution in [2.75, 3.05) is 4.90 Å². The molecule has 50 heavy (non-hydrogen) atoms. The molecule has 6 nitrogen and oxygen atoms in total. The molecule has 4 aromatic rings. The first kappa shape index (κ1) is 33.7. The number of aromatic nitrogens is 3. The second-order valence-electron chi connectivity index (χ2n) is 11.5. The fourth-order valence-electron chi connectivity index (χ4n) is 6.29. The van der Waals surface area contributed by atoms with Crippen LogP contribution in [0.1, 0.15) is 57.1 Å². The summed E-state index contributed by atoms with van der Waals surface area (Å²) in [5, 5.41) is 10.2. The van der Waals surface area contributed by atoms with Gasteiger partial charge in [-0.05, 0) is 55.3 Å². The number of nitriles is 1. The van der Waals surface area contributed by atoms with Crippen molar-refractivity contribution in [2.24, 2.45) is 10.9 Å². The molecule has 2 aliphatic carbocycles. The van der Waals surface area contributed by atoms with Crippen LogP contribution in [-0.4, -0.2) is 20.7 Å². The Morgan fingerprint density at radius 2 is 1.84 bits per heavy atom. The smallest absolute Gasteiger partial charge is 0.235 e. The van der Waals surface area contributed by atoms with Gasteiger partial charge in [-0.3, -0.25) is 9.56 Å². The van der Waals surface area contributed by atoms with Crippen LogP contribution in [0.3, 0.4) is 0 Å². The van der Waals surface area contributed by atoms with Gasteiger partial charge < -0.3 is 4.90 Å². The molecule has 0 spiro atoms. The van der Waals surface area contributed by atoms with Crippen molar-refractivity contribution in [2.45, 2.75) is 46.6 Å². The molecule has 1 atom stereocenters. The van der Waals surface area contributed by atoms with Gasteiger partial charge in [0.15, 0.2) is 0 Å². The van der Waals surface area contributed by atoms with Crippen LogP contribution >= 0.6 is 0 Å². The number of aliphatic imine (C=N–C) groups is 1. The number of allylic oxidation sites excluding steroid dienone is 13. The van der Waals surface area contributed by atoms with Gasteiger partial charge in [0, 0.05) is 35.3 Å². The monoisotopic (exact) mass is 652 g/mol. The molecular formula is C44H40N6. The Kier molecular flexibility index (Phi) is 10.9. The molecule has 246 valence electrons. The number of nitrogens with zero attached hydrogens (tertiary/aromatic N) is 6. The molecule has 3 aliphatic rings. The van der Waals surface area contributed by atoms with Crippen LogP contribution in [0.5, 0.6) is 0 Å². The lowest BCUT2D eigenvalue weighted by Gasteiger charge is -2.31. The van der Waals surface area contributed by atoms with Gasteiger partial charge in [-0.2, -0.15) is 5.26 Å². The van der Waals surface area contributed by atoms with Gasteiger partial charge in [-0.1, -0.05) is 117 Å². The zero-order valence-electron chi connectivity index (χ0n) is 28.8.